The maximum atomic E-state index is 5.98. The van der Waals surface area contributed by atoms with Crippen LogP contribution in [0.3, 0.4) is 0 Å². The highest BCUT2D eigenvalue weighted by Crippen LogP contribution is 2.29. The Balaban J connectivity index is 1.91. The van der Waals surface area contributed by atoms with Crippen LogP contribution in [0.1, 0.15) is 39.0 Å². The molecule has 1 aromatic rings. The molecule has 1 nitrogen and oxygen atoms in total. The minimum Gasteiger partial charge on any atom is -0.490 e. The largest absolute Gasteiger partial charge is 0.490 e. The lowest BCUT2D eigenvalue weighted by Crippen LogP contribution is -2.25. The molecule has 0 amide bonds. The van der Waals surface area contributed by atoms with E-state index in [1.165, 1.54) is 32.1 Å². The van der Waals surface area contributed by atoms with Crippen molar-refractivity contribution >= 4 is 11.6 Å². The second-order valence-corrected chi connectivity index (χ2v) is 5.07. The zero-order valence-electron chi connectivity index (χ0n) is 9.79. The molecule has 2 heteroatoms. The number of benzene rings is 1. The molecule has 2 atom stereocenters. The van der Waals surface area contributed by atoms with E-state index >= 15 is 0 Å². The summed E-state index contributed by atoms with van der Waals surface area (Å²) in [6.07, 6.45) is 6.76. The summed E-state index contributed by atoms with van der Waals surface area (Å²) in [6, 6.07) is 7.68. The molecule has 0 radical (unpaired) electrons. The second kappa shape index (κ2) is 5.58. The highest BCUT2D eigenvalue weighted by molar-refractivity contribution is 6.30. The third-order valence-electron chi connectivity index (χ3n) is 3.43. The van der Waals surface area contributed by atoms with Gasteiger partial charge in [-0.15, -0.1) is 0 Å². The third kappa shape index (κ3) is 3.15. The minimum atomic E-state index is 0.403. The first-order chi connectivity index (χ1) is 7.78. The van der Waals surface area contributed by atoms with Gasteiger partial charge in [0.15, 0.2) is 0 Å². The van der Waals surface area contributed by atoms with Gasteiger partial charge in [0.05, 0.1) is 6.10 Å². The van der Waals surface area contributed by atoms with Crippen LogP contribution in [0.2, 0.25) is 5.02 Å². The third-order valence-corrected chi connectivity index (χ3v) is 3.68. The molecule has 0 bridgehead atoms. The van der Waals surface area contributed by atoms with Gasteiger partial charge in [0, 0.05) is 5.02 Å². The molecule has 2 unspecified atom stereocenters. The summed E-state index contributed by atoms with van der Waals surface area (Å²) in [5.41, 5.74) is 0. The van der Waals surface area contributed by atoms with E-state index in [4.69, 9.17) is 16.3 Å². The SMILES string of the molecule is CCC1CCCC(Oc2ccc(Cl)cc2)C1. The summed E-state index contributed by atoms with van der Waals surface area (Å²) in [4.78, 5) is 0. The maximum Gasteiger partial charge on any atom is 0.119 e. The topological polar surface area (TPSA) is 9.23 Å². The Hall–Kier alpha value is -0.690. The van der Waals surface area contributed by atoms with Gasteiger partial charge in [-0.2, -0.15) is 0 Å². The van der Waals surface area contributed by atoms with Crippen molar-refractivity contribution in [1.29, 1.82) is 0 Å². The number of halogens is 1. The van der Waals surface area contributed by atoms with Gasteiger partial charge in [0.1, 0.15) is 5.75 Å². The van der Waals surface area contributed by atoms with Crippen molar-refractivity contribution in [2.75, 3.05) is 0 Å². The number of hydrogen-bond acceptors (Lipinski definition) is 1. The zero-order valence-corrected chi connectivity index (χ0v) is 10.5. The smallest absolute Gasteiger partial charge is 0.119 e. The average Bonchev–Trinajstić information content (AvgIpc) is 2.32. The molecule has 1 aliphatic carbocycles. The van der Waals surface area contributed by atoms with Crippen LogP contribution in [0.25, 0.3) is 0 Å². The first-order valence-electron chi connectivity index (χ1n) is 6.20. The molecule has 1 fully saturated rings. The molecular formula is C14H19ClO. The van der Waals surface area contributed by atoms with Gasteiger partial charge in [0.2, 0.25) is 0 Å². The molecule has 1 aliphatic rings. The van der Waals surface area contributed by atoms with Crippen molar-refractivity contribution < 1.29 is 4.74 Å². The normalized spacial score (nSPS) is 25.4. The summed E-state index contributed by atoms with van der Waals surface area (Å²) in [6.45, 7) is 2.27. The number of rotatable bonds is 3. The van der Waals surface area contributed by atoms with Crippen molar-refractivity contribution in [1.82, 2.24) is 0 Å². The summed E-state index contributed by atoms with van der Waals surface area (Å²) in [5, 5.41) is 0.766. The fourth-order valence-corrected chi connectivity index (χ4v) is 2.55. The van der Waals surface area contributed by atoms with E-state index in [1.807, 2.05) is 24.3 Å². The summed E-state index contributed by atoms with van der Waals surface area (Å²) >= 11 is 5.84. The van der Waals surface area contributed by atoms with Crippen molar-refractivity contribution in [3.05, 3.63) is 29.3 Å². The van der Waals surface area contributed by atoms with Gasteiger partial charge in [-0.05, 0) is 49.4 Å². The van der Waals surface area contributed by atoms with Crippen LogP contribution in [-0.2, 0) is 0 Å². The van der Waals surface area contributed by atoms with Gasteiger partial charge in [-0.3, -0.25) is 0 Å². The van der Waals surface area contributed by atoms with E-state index < -0.39 is 0 Å². The van der Waals surface area contributed by atoms with Crippen LogP contribution < -0.4 is 4.74 Å². The van der Waals surface area contributed by atoms with Crippen LogP contribution in [-0.4, -0.2) is 6.10 Å². The lowest BCUT2D eigenvalue weighted by molar-refractivity contribution is 0.122. The van der Waals surface area contributed by atoms with E-state index in [0.29, 0.717) is 6.10 Å². The second-order valence-electron chi connectivity index (χ2n) is 4.63. The molecule has 16 heavy (non-hydrogen) atoms. The highest BCUT2D eigenvalue weighted by atomic mass is 35.5. The molecule has 0 N–H and O–H groups in total. The average molecular weight is 239 g/mol. The van der Waals surface area contributed by atoms with Crippen LogP contribution in [0, 0.1) is 5.92 Å². The minimum absolute atomic E-state index is 0.403. The van der Waals surface area contributed by atoms with E-state index in [2.05, 4.69) is 6.92 Å². The van der Waals surface area contributed by atoms with Crippen LogP contribution in [0.4, 0.5) is 0 Å². The number of ether oxygens (including phenoxy) is 1. The quantitative estimate of drug-likeness (QED) is 0.743. The Bertz CT molecular complexity index is 320. The summed E-state index contributed by atoms with van der Waals surface area (Å²) in [7, 11) is 0. The van der Waals surface area contributed by atoms with Crippen molar-refractivity contribution in [3.63, 3.8) is 0 Å². The van der Waals surface area contributed by atoms with Gasteiger partial charge in [-0.25, -0.2) is 0 Å². The Morgan fingerprint density at radius 1 is 1.25 bits per heavy atom. The molecule has 1 saturated carbocycles. The summed E-state index contributed by atoms with van der Waals surface area (Å²) < 4.78 is 5.98. The van der Waals surface area contributed by atoms with E-state index in [-0.39, 0.29) is 0 Å². The molecule has 2 rings (SSSR count). The first kappa shape index (κ1) is 11.8. The lowest BCUT2D eigenvalue weighted by Gasteiger charge is -2.28. The monoisotopic (exact) mass is 238 g/mol. The summed E-state index contributed by atoms with van der Waals surface area (Å²) in [5.74, 6) is 1.80. The molecule has 1 aromatic carbocycles. The predicted molar refractivity (Wildman–Crippen MR) is 68.1 cm³/mol. The lowest BCUT2D eigenvalue weighted by atomic mass is 9.85. The maximum absolute atomic E-state index is 5.98. The van der Waals surface area contributed by atoms with Gasteiger partial charge < -0.3 is 4.74 Å². The predicted octanol–water partition coefficient (Wildman–Crippen LogP) is 4.69. The van der Waals surface area contributed by atoms with E-state index in [0.717, 1.165) is 16.7 Å². The molecule has 0 aromatic heterocycles. The van der Waals surface area contributed by atoms with Crippen molar-refractivity contribution in [2.24, 2.45) is 5.92 Å². The van der Waals surface area contributed by atoms with Crippen LogP contribution >= 0.6 is 11.6 Å². The Kier molecular flexibility index (Phi) is 4.11. The van der Waals surface area contributed by atoms with Crippen molar-refractivity contribution in [2.45, 2.75) is 45.1 Å². The molecule has 0 heterocycles. The van der Waals surface area contributed by atoms with Gasteiger partial charge >= 0.3 is 0 Å². The highest BCUT2D eigenvalue weighted by Gasteiger charge is 2.21. The Labute approximate surface area is 103 Å². The van der Waals surface area contributed by atoms with Crippen LogP contribution in [0.15, 0.2) is 24.3 Å². The zero-order chi connectivity index (χ0) is 11.4. The first-order valence-corrected chi connectivity index (χ1v) is 6.58. The van der Waals surface area contributed by atoms with E-state index in [9.17, 15) is 0 Å². The van der Waals surface area contributed by atoms with E-state index in [1.54, 1.807) is 0 Å². The molecule has 0 aliphatic heterocycles. The van der Waals surface area contributed by atoms with Crippen molar-refractivity contribution in [3.8, 4) is 5.75 Å². The van der Waals surface area contributed by atoms with Crippen LogP contribution in [0.5, 0.6) is 5.75 Å². The fraction of sp³-hybridized carbons (Fsp3) is 0.571. The van der Waals surface area contributed by atoms with Gasteiger partial charge in [-0.1, -0.05) is 31.4 Å². The Morgan fingerprint density at radius 3 is 2.69 bits per heavy atom. The number of hydrogen-bond donors (Lipinski definition) is 0. The molecular weight excluding hydrogens is 220 g/mol. The van der Waals surface area contributed by atoms with Gasteiger partial charge in [0.25, 0.3) is 0 Å². The molecule has 0 spiro atoms. The Morgan fingerprint density at radius 2 is 2.00 bits per heavy atom. The molecule has 0 saturated heterocycles. The fourth-order valence-electron chi connectivity index (χ4n) is 2.43. The molecule has 88 valence electrons. The standard InChI is InChI=1S/C14H19ClO/c1-2-11-4-3-5-14(10-11)16-13-8-6-12(15)7-9-13/h6-9,11,14H,2-5,10H2,1H3.